The van der Waals surface area contributed by atoms with Crippen molar-refractivity contribution in [2.75, 3.05) is 32.5 Å². The molecule has 0 saturated heterocycles. The molecule has 2 aromatic carbocycles. The molecule has 0 fully saturated rings. The molecular formula is C20H20N4S. The molecular weight excluding hydrogens is 328 g/mol. The Kier molecular flexibility index (Phi) is 4.34. The summed E-state index contributed by atoms with van der Waals surface area (Å²) in [6, 6.07) is 18.9. The lowest BCUT2D eigenvalue weighted by atomic mass is 10.1. The first-order valence-corrected chi connectivity index (χ1v) is 9.17. The average molecular weight is 348 g/mol. The summed E-state index contributed by atoms with van der Waals surface area (Å²) in [5.41, 5.74) is 1.97. The predicted molar refractivity (Wildman–Crippen MR) is 107 cm³/mol. The number of aromatic nitrogens is 2. The Hall–Kier alpha value is -2.50. The molecule has 0 unspecified atom stereocenters. The molecule has 0 atom stereocenters. The van der Waals surface area contributed by atoms with Gasteiger partial charge in [-0.3, -0.25) is 0 Å². The molecule has 126 valence electrons. The van der Waals surface area contributed by atoms with Gasteiger partial charge in [-0.2, -0.15) is 0 Å². The first-order valence-electron chi connectivity index (χ1n) is 8.35. The minimum absolute atomic E-state index is 0.688. The van der Waals surface area contributed by atoms with E-state index < -0.39 is 0 Å². The molecule has 1 N–H and O–H groups in total. The monoisotopic (exact) mass is 348 g/mol. The number of thiophene rings is 1. The lowest BCUT2D eigenvalue weighted by molar-refractivity contribution is 0.425. The van der Waals surface area contributed by atoms with Crippen LogP contribution in [0.5, 0.6) is 0 Å². The third kappa shape index (κ3) is 3.34. The Labute approximate surface area is 151 Å². The van der Waals surface area contributed by atoms with Gasteiger partial charge in [0.25, 0.3) is 0 Å². The first kappa shape index (κ1) is 16.0. The summed E-state index contributed by atoms with van der Waals surface area (Å²) >= 11 is 1.78. The van der Waals surface area contributed by atoms with Crippen molar-refractivity contribution < 1.29 is 0 Å². The van der Waals surface area contributed by atoms with Gasteiger partial charge >= 0.3 is 0 Å². The van der Waals surface area contributed by atoms with Gasteiger partial charge in [0.15, 0.2) is 0 Å². The second kappa shape index (κ2) is 6.78. The quantitative estimate of drug-likeness (QED) is 0.577. The van der Waals surface area contributed by atoms with Crippen molar-refractivity contribution >= 4 is 38.3 Å². The zero-order chi connectivity index (χ0) is 17.2. The molecule has 2 heterocycles. The van der Waals surface area contributed by atoms with E-state index in [1.165, 1.54) is 15.0 Å². The van der Waals surface area contributed by atoms with Gasteiger partial charge in [-0.25, -0.2) is 9.97 Å². The highest BCUT2D eigenvalue weighted by Gasteiger charge is 2.12. The normalized spacial score (nSPS) is 11.5. The van der Waals surface area contributed by atoms with Crippen molar-refractivity contribution in [1.29, 1.82) is 0 Å². The molecule has 4 rings (SSSR count). The molecule has 0 amide bonds. The largest absolute Gasteiger partial charge is 0.353 e. The van der Waals surface area contributed by atoms with E-state index in [2.05, 4.69) is 65.7 Å². The summed E-state index contributed by atoms with van der Waals surface area (Å²) in [6.07, 6.45) is 0. The van der Waals surface area contributed by atoms with Crippen molar-refractivity contribution in [1.82, 2.24) is 14.9 Å². The van der Waals surface area contributed by atoms with Gasteiger partial charge in [-0.1, -0.05) is 36.4 Å². The van der Waals surface area contributed by atoms with Crippen molar-refractivity contribution in [3.63, 3.8) is 0 Å². The van der Waals surface area contributed by atoms with Crippen molar-refractivity contribution in [2.45, 2.75) is 0 Å². The lowest BCUT2D eigenvalue weighted by Crippen LogP contribution is -2.21. The van der Waals surface area contributed by atoms with Gasteiger partial charge in [0.05, 0.1) is 16.1 Å². The van der Waals surface area contributed by atoms with Gasteiger partial charge in [0.1, 0.15) is 0 Å². The fraction of sp³-hybridized carbons (Fsp3) is 0.200. The highest BCUT2D eigenvalue weighted by molar-refractivity contribution is 7.22. The predicted octanol–water partition coefficient (Wildman–Crippen LogP) is 4.49. The highest BCUT2D eigenvalue weighted by atomic mass is 32.1. The van der Waals surface area contributed by atoms with Gasteiger partial charge in [0.2, 0.25) is 5.95 Å². The molecule has 4 aromatic rings. The van der Waals surface area contributed by atoms with Crippen molar-refractivity contribution in [2.24, 2.45) is 0 Å². The van der Waals surface area contributed by atoms with Crippen LogP contribution in [0.4, 0.5) is 5.95 Å². The number of nitrogens with one attached hydrogen (secondary N) is 1. The fourth-order valence-corrected chi connectivity index (χ4v) is 3.90. The van der Waals surface area contributed by atoms with Crippen LogP contribution in [-0.4, -0.2) is 42.1 Å². The number of likely N-dealkylation sites (N-methyl/N-ethyl adjacent to an activating group) is 1. The SMILES string of the molecule is CN(C)CCNc1nc(-c2cc3ccccc3s2)c2ccccc2n1. The molecule has 5 heteroatoms. The standard InChI is InChI=1S/C20H20N4S/c1-24(2)12-11-21-20-22-16-9-5-4-8-15(16)19(23-20)18-13-14-7-3-6-10-17(14)25-18/h3-10,13H,11-12H2,1-2H3,(H,21,22,23). The van der Waals surface area contributed by atoms with Crippen LogP contribution in [0.3, 0.4) is 0 Å². The van der Waals surface area contributed by atoms with Gasteiger partial charge < -0.3 is 10.2 Å². The first-order chi connectivity index (χ1) is 12.2. The zero-order valence-corrected chi connectivity index (χ0v) is 15.2. The van der Waals surface area contributed by atoms with Crippen molar-refractivity contribution in [3.8, 4) is 10.6 Å². The molecule has 25 heavy (non-hydrogen) atoms. The van der Waals surface area contributed by atoms with E-state index in [4.69, 9.17) is 4.98 Å². The number of hydrogen-bond donors (Lipinski definition) is 1. The summed E-state index contributed by atoms with van der Waals surface area (Å²) < 4.78 is 1.28. The molecule has 0 spiro atoms. The third-order valence-corrected chi connectivity index (χ3v) is 5.23. The van der Waals surface area contributed by atoms with E-state index in [0.29, 0.717) is 5.95 Å². The average Bonchev–Trinajstić information content (AvgIpc) is 3.04. The summed E-state index contributed by atoms with van der Waals surface area (Å²) in [5.74, 6) is 0.688. The second-order valence-corrected chi connectivity index (χ2v) is 7.38. The number of rotatable bonds is 5. The topological polar surface area (TPSA) is 41.0 Å². The second-order valence-electron chi connectivity index (χ2n) is 6.29. The number of nitrogens with zero attached hydrogens (tertiary/aromatic N) is 3. The van der Waals surface area contributed by atoms with Crippen LogP contribution in [0.25, 0.3) is 31.6 Å². The summed E-state index contributed by atoms with van der Waals surface area (Å²) in [4.78, 5) is 12.8. The van der Waals surface area contributed by atoms with Gasteiger partial charge in [-0.05, 0) is 37.7 Å². The van der Waals surface area contributed by atoms with E-state index >= 15 is 0 Å². The molecule has 0 aliphatic heterocycles. The number of para-hydroxylation sites is 1. The summed E-state index contributed by atoms with van der Waals surface area (Å²) in [6.45, 7) is 1.76. The Balaban J connectivity index is 1.80. The summed E-state index contributed by atoms with van der Waals surface area (Å²) in [7, 11) is 4.12. The minimum Gasteiger partial charge on any atom is -0.353 e. The lowest BCUT2D eigenvalue weighted by Gasteiger charge is -2.12. The fourth-order valence-electron chi connectivity index (χ4n) is 2.83. The maximum absolute atomic E-state index is 4.83. The highest BCUT2D eigenvalue weighted by Crippen LogP contribution is 2.36. The minimum atomic E-state index is 0.688. The van der Waals surface area contributed by atoms with E-state index in [9.17, 15) is 0 Å². The Morgan fingerprint density at radius 2 is 1.80 bits per heavy atom. The van der Waals surface area contributed by atoms with Gasteiger partial charge in [-0.15, -0.1) is 11.3 Å². The van der Waals surface area contributed by atoms with Crippen LogP contribution >= 0.6 is 11.3 Å². The molecule has 4 nitrogen and oxygen atoms in total. The number of fused-ring (bicyclic) bond motifs is 2. The van der Waals surface area contributed by atoms with Crippen molar-refractivity contribution in [3.05, 3.63) is 54.6 Å². The molecule has 0 saturated carbocycles. The zero-order valence-electron chi connectivity index (χ0n) is 14.4. The van der Waals surface area contributed by atoms with Crippen LogP contribution in [0.15, 0.2) is 54.6 Å². The smallest absolute Gasteiger partial charge is 0.223 e. The number of hydrogen-bond acceptors (Lipinski definition) is 5. The molecule has 0 aliphatic rings. The Morgan fingerprint density at radius 3 is 2.64 bits per heavy atom. The molecule has 2 aromatic heterocycles. The molecule has 0 bridgehead atoms. The van der Waals surface area contributed by atoms with Crippen LogP contribution in [0, 0.1) is 0 Å². The third-order valence-electron chi connectivity index (χ3n) is 4.10. The Bertz CT molecular complexity index is 989. The van der Waals surface area contributed by atoms with E-state index in [1.807, 2.05) is 18.2 Å². The van der Waals surface area contributed by atoms with Crippen LogP contribution in [0.1, 0.15) is 0 Å². The van der Waals surface area contributed by atoms with E-state index in [-0.39, 0.29) is 0 Å². The van der Waals surface area contributed by atoms with E-state index in [1.54, 1.807) is 11.3 Å². The maximum atomic E-state index is 4.83. The Morgan fingerprint density at radius 1 is 1.00 bits per heavy atom. The summed E-state index contributed by atoms with van der Waals surface area (Å²) in [5, 5.41) is 5.70. The van der Waals surface area contributed by atoms with Crippen LogP contribution in [-0.2, 0) is 0 Å². The number of benzene rings is 2. The molecule has 0 aliphatic carbocycles. The van der Waals surface area contributed by atoms with E-state index in [0.717, 1.165) is 29.7 Å². The maximum Gasteiger partial charge on any atom is 0.223 e. The number of anilines is 1. The van der Waals surface area contributed by atoms with Crippen LogP contribution < -0.4 is 5.32 Å². The molecule has 0 radical (unpaired) electrons. The van der Waals surface area contributed by atoms with Gasteiger partial charge in [0, 0.05) is 23.2 Å². The van der Waals surface area contributed by atoms with Crippen LogP contribution in [0.2, 0.25) is 0 Å².